The third kappa shape index (κ3) is 5.39. The van der Waals surface area contributed by atoms with Gasteiger partial charge >= 0.3 is 11.9 Å². The first-order valence-corrected chi connectivity index (χ1v) is 8.72. The van der Waals surface area contributed by atoms with Crippen molar-refractivity contribution in [1.29, 1.82) is 0 Å². The van der Waals surface area contributed by atoms with E-state index in [1.54, 1.807) is 6.07 Å². The number of carboxylic acid groups (broad SMARTS) is 1. The highest BCUT2D eigenvalue weighted by atomic mass is 16.5. The predicted octanol–water partition coefficient (Wildman–Crippen LogP) is 3.81. The summed E-state index contributed by atoms with van der Waals surface area (Å²) in [7, 11) is 1.49. The van der Waals surface area contributed by atoms with Crippen LogP contribution in [-0.4, -0.2) is 34.9 Å². The zero-order valence-corrected chi connectivity index (χ0v) is 16.3. The molecule has 150 valence electrons. The van der Waals surface area contributed by atoms with Crippen molar-refractivity contribution >= 4 is 11.9 Å². The van der Waals surface area contributed by atoms with Crippen LogP contribution in [0.5, 0.6) is 23.0 Å². The van der Waals surface area contributed by atoms with Crippen LogP contribution in [-0.2, 0) is 11.2 Å². The van der Waals surface area contributed by atoms with Crippen molar-refractivity contribution < 1.29 is 34.0 Å². The highest BCUT2D eigenvalue weighted by Crippen LogP contribution is 2.40. The van der Waals surface area contributed by atoms with Crippen LogP contribution in [0.3, 0.4) is 0 Å². The number of phenols is 1. The van der Waals surface area contributed by atoms with Crippen molar-refractivity contribution in [2.45, 2.75) is 39.2 Å². The monoisotopic (exact) mass is 388 g/mol. The molecule has 0 radical (unpaired) electrons. The lowest BCUT2D eigenvalue weighted by Gasteiger charge is -2.33. The molecule has 0 atom stereocenters. The summed E-state index contributed by atoms with van der Waals surface area (Å²) in [6.07, 6.45) is 1.62. The van der Waals surface area contributed by atoms with Gasteiger partial charge in [-0.2, -0.15) is 0 Å². The number of rotatable bonds is 3. The summed E-state index contributed by atoms with van der Waals surface area (Å²) in [6.45, 7) is 5.37. The lowest BCUT2D eigenvalue weighted by atomic mass is 9.92. The summed E-state index contributed by atoms with van der Waals surface area (Å²) in [5.74, 6) is 0.398. The Labute approximate surface area is 163 Å². The number of carboxylic acids is 1. The summed E-state index contributed by atoms with van der Waals surface area (Å²) in [4.78, 5) is 21.5. The fourth-order valence-corrected chi connectivity index (χ4v) is 2.80. The molecular weight excluding hydrogens is 364 g/mol. The van der Waals surface area contributed by atoms with Crippen molar-refractivity contribution in [2.75, 3.05) is 7.11 Å². The Morgan fingerprint density at radius 3 is 2.29 bits per heavy atom. The van der Waals surface area contributed by atoms with E-state index < -0.39 is 5.97 Å². The van der Waals surface area contributed by atoms with Crippen LogP contribution in [0.15, 0.2) is 36.4 Å². The molecule has 1 aliphatic rings. The molecule has 1 aliphatic heterocycles. The Hall–Kier alpha value is -3.22. The van der Waals surface area contributed by atoms with Crippen LogP contribution >= 0.6 is 0 Å². The molecule has 0 fully saturated rings. The molecule has 0 saturated carbocycles. The zero-order valence-electron chi connectivity index (χ0n) is 16.3. The average Bonchev–Trinajstić information content (AvgIpc) is 2.61. The van der Waals surface area contributed by atoms with Gasteiger partial charge in [-0.3, -0.25) is 4.79 Å². The molecule has 0 aromatic heterocycles. The minimum Gasteiger partial charge on any atom is -0.508 e. The van der Waals surface area contributed by atoms with E-state index in [1.807, 2.05) is 13.8 Å². The average molecular weight is 388 g/mol. The SMILES string of the molecule is CC(=O)Oc1ccc(O)cc1.COc1c(C(=O)O)ccc2c1CCC(C)(C)O2. The molecule has 7 heteroatoms. The van der Waals surface area contributed by atoms with Gasteiger partial charge in [0, 0.05) is 12.5 Å². The third-order valence-electron chi connectivity index (χ3n) is 4.11. The second kappa shape index (κ2) is 8.65. The first-order chi connectivity index (χ1) is 13.1. The van der Waals surface area contributed by atoms with Gasteiger partial charge in [0.05, 0.1) is 7.11 Å². The Morgan fingerprint density at radius 1 is 1.11 bits per heavy atom. The number of fused-ring (bicyclic) bond motifs is 1. The number of carbonyl (C=O) groups is 2. The molecular formula is C21H24O7. The fraction of sp³-hybridized carbons (Fsp3) is 0.333. The topological polar surface area (TPSA) is 102 Å². The minimum atomic E-state index is -0.977. The zero-order chi connectivity index (χ0) is 20.9. The van der Waals surface area contributed by atoms with E-state index in [0.717, 1.165) is 24.2 Å². The molecule has 0 unspecified atom stereocenters. The van der Waals surface area contributed by atoms with Crippen molar-refractivity contribution in [2.24, 2.45) is 0 Å². The quantitative estimate of drug-likeness (QED) is 0.609. The van der Waals surface area contributed by atoms with Gasteiger partial charge in [0.15, 0.2) is 0 Å². The van der Waals surface area contributed by atoms with Crippen molar-refractivity contribution in [3.05, 3.63) is 47.5 Å². The number of aromatic carboxylic acids is 1. The Morgan fingerprint density at radius 2 is 1.75 bits per heavy atom. The largest absolute Gasteiger partial charge is 0.508 e. The Balaban J connectivity index is 0.000000221. The molecule has 2 N–H and O–H groups in total. The molecule has 0 aliphatic carbocycles. The van der Waals surface area contributed by atoms with Crippen molar-refractivity contribution in [1.82, 2.24) is 0 Å². The third-order valence-corrected chi connectivity index (χ3v) is 4.11. The number of esters is 1. The molecule has 3 rings (SSSR count). The number of hydrogen-bond donors (Lipinski definition) is 2. The lowest BCUT2D eigenvalue weighted by molar-refractivity contribution is -0.131. The van der Waals surface area contributed by atoms with Gasteiger partial charge in [0.25, 0.3) is 0 Å². The Bertz CT molecular complexity index is 854. The summed E-state index contributed by atoms with van der Waals surface area (Å²) >= 11 is 0. The maximum Gasteiger partial charge on any atom is 0.339 e. The number of ether oxygens (including phenoxy) is 3. The van der Waals surface area contributed by atoms with Crippen LogP contribution in [0, 0.1) is 0 Å². The highest BCUT2D eigenvalue weighted by molar-refractivity contribution is 5.92. The molecule has 0 bridgehead atoms. The fourth-order valence-electron chi connectivity index (χ4n) is 2.80. The number of aromatic hydroxyl groups is 1. The van der Waals surface area contributed by atoms with E-state index in [9.17, 15) is 9.59 Å². The second-order valence-corrected chi connectivity index (χ2v) is 6.88. The van der Waals surface area contributed by atoms with E-state index in [0.29, 0.717) is 11.5 Å². The van der Waals surface area contributed by atoms with E-state index in [2.05, 4.69) is 0 Å². The highest BCUT2D eigenvalue weighted by Gasteiger charge is 2.30. The van der Waals surface area contributed by atoms with Gasteiger partial charge in [-0.15, -0.1) is 0 Å². The van der Waals surface area contributed by atoms with Gasteiger partial charge in [0.1, 0.15) is 34.2 Å². The summed E-state index contributed by atoms with van der Waals surface area (Å²) in [6, 6.07) is 9.20. The number of benzene rings is 2. The maximum absolute atomic E-state index is 11.1. The van der Waals surface area contributed by atoms with Crippen LogP contribution in [0.25, 0.3) is 0 Å². The molecule has 2 aromatic rings. The van der Waals surface area contributed by atoms with Crippen LogP contribution in [0.2, 0.25) is 0 Å². The molecule has 7 nitrogen and oxygen atoms in total. The van der Waals surface area contributed by atoms with Gasteiger partial charge < -0.3 is 24.4 Å². The first-order valence-electron chi connectivity index (χ1n) is 8.72. The van der Waals surface area contributed by atoms with Crippen LogP contribution in [0.1, 0.15) is 43.1 Å². The normalized spacial score (nSPS) is 13.9. The summed E-state index contributed by atoms with van der Waals surface area (Å²) in [5, 5.41) is 17.9. The van der Waals surface area contributed by atoms with Crippen LogP contribution < -0.4 is 14.2 Å². The number of methoxy groups -OCH3 is 1. The van der Waals surface area contributed by atoms with Crippen molar-refractivity contribution in [3.63, 3.8) is 0 Å². The smallest absolute Gasteiger partial charge is 0.339 e. The molecule has 2 aromatic carbocycles. The molecule has 28 heavy (non-hydrogen) atoms. The lowest BCUT2D eigenvalue weighted by Crippen LogP contribution is -2.32. The molecule has 0 saturated heterocycles. The minimum absolute atomic E-state index is 0.154. The van der Waals surface area contributed by atoms with Crippen molar-refractivity contribution in [3.8, 4) is 23.0 Å². The van der Waals surface area contributed by atoms with Crippen LogP contribution in [0.4, 0.5) is 0 Å². The molecule has 0 spiro atoms. The first kappa shape index (κ1) is 21.1. The molecule has 0 amide bonds. The van der Waals surface area contributed by atoms with Gasteiger partial charge in [0.2, 0.25) is 0 Å². The Kier molecular flexibility index (Phi) is 6.51. The van der Waals surface area contributed by atoms with E-state index in [4.69, 9.17) is 24.4 Å². The van der Waals surface area contributed by atoms with Gasteiger partial charge in [-0.25, -0.2) is 4.79 Å². The van der Waals surface area contributed by atoms with E-state index >= 15 is 0 Å². The number of phenolic OH excluding ortho intramolecular Hbond substituents is 1. The molecule has 1 heterocycles. The summed E-state index contributed by atoms with van der Waals surface area (Å²) < 4.78 is 15.8. The van der Waals surface area contributed by atoms with Gasteiger partial charge in [-0.1, -0.05) is 0 Å². The van der Waals surface area contributed by atoms with E-state index in [-0.39, 0.29) is 22.9 Å². The second-order valence-electron chi connectivity index (χ2n) is 6.88. The summed E-state index contributed by atoms with van der Waals surface area (Å²) in [5.41, 5.74) is 0.837. The van der Waals surface area contributed by atoms with Gasteiger partial charge in [-0.05, 0) is 63.1 Å². The maximum atomic E-state index is 11.1. The van der Waals surface area contributed by atoms with E-state index in [1.165, 1.54) is 44.4 Å². The number of hydrogen-bond acceptors (Lipinski definition) is 6. The standard InChI is InChI=1S/C13H16O4.C8H8O3/c1-13(2)7-6-8-10(17-13)5-4-9(12(14)15)11(8)16-3;1-6(9)11-8-4-2-7(10)3-5-8/h4-5H,6-7H2,1-3H3,(H,14,15);2-5,10H,1H3. The number of carbonyl (C=O) groups excluding carboxylic acids is 1. The predicted molar refractivity (Wildman–Crippen MR) is 102 cm³/mol.